The van der Waals surface area contributed by atoms with Gasteiger partial charge in [0.05, 0.1) is 0 Å². The third-order valence-corrected chi connectivity index (χ3v) is 6.10. The number of likely N-dealkylation sites (tertiary alicyclic amines) is 1. The molecule has 0 saturated carbocycles. The smallest absolute Gasteiger partial charge is 0.253 e. The normalized spacial score (nSPS) is 25.4. The van der Waals surface area contributed by atoms with Gasteiger partial charge in [0.1, 0.15) is 0 Å². The van der Waals surface area contributed by atoms with Crippen molar-refractivity contribution in [2.24, 2.45) is 17.6 Å². The zero-order valence-electron chi connectivity index (χ0n) is 16.8. The van der Waals surface area contributed by atoms with Crippen LogP contribution in [0.15, 0.2) is 47.7 Å². The molecule has 0 bridgehead atoms. The van der Waals surface area contributed by atoms with Gasteiger partial charge < -0.3 is 15.5 Å². The van der Waals surface area contributed by atoms with Crippen molar-refractivity contribution in [3.63, 3.8) is 0 Å². The number of carbonyl (C=O) groups excluding carboxylic acids is 1. The minimum Gasteiger partial charge on any atom is -0.399 e. The van der Waals surface area contributed by atoms with Crippen LogP contribution in [0.4, 0.5) is 0 Å². The topological polar surface area (TPSA) is 49.6 Å². The second kappa shape index (κ2) is 9.93. The molecule has 1 saturated heterocycles. The zero-order chi connectivity index (χ0) is 19.1. The highest BCUT2D eigenvalue weighted by molar-refractivity contribution is 5.96. The molecule has 0 spiro atoms. The van der Waals surface area contributed by atoms with Crippen LogP contribution in [0.3, 0.4) is 0 Å². The summed E-state index contributed by atoms with van der Waals surface area (Å²) in [6.07, 6.45) is 20.9. The van der Waals surface area contributed by atoms with E-state index in [1.54, 1.807) is 0 Å². The molecule has 4 heteroatoms. The molecule has 2 atom stereocenters. The Bertz CT molecular complexity index is 626. The average Bonchev–Trinajstić information content (AvgIpc) is 3.21. The summed E-state index contributed by atoms with van der Waals surface area (Å²) in [6.45, 7) is 4.63. The van der Waals surface area contributed by atoms with E-state index in [9.17, 15) is 4.79 Å². The number of nitrogens with zero attached hydrogens (tertiary/aromatic N) is 2. The Morgan fingerprint density at radius 2 is 1.78 bits per heavy atom. The lowest BCUT2D eigenvalue weighted by molar-refractivity contribution is -0.125. The Labute approximate surface area is 164 Å². The zero-order valence-corrected chi connectivity index (χ0v) is 16.8. The molecular weight excluding hydrogens is 334 g/mol. The molecule has 0 aromatic heterocycles. The van der Waals surface area contributed by atoms with Gasteiger partial charge in [0.15, 0.2) is 0 Å². The monoisotopic (exact) mass is 369 g/mol. The number of allylic oxidation sites excluding steroid dienone is 5. The van der Waals surface area contributed by atoms with E-state index in [4.69, 9.17) is 5.73 Å². The molecule has 3 aliphatic rings. The molecule has 0 aromatic rings. The first kappa shape index (κ1) is 19.9. The van der Waals surface area contributed by atoms with Crippen LogP contribution < -0.4 is 5.73 Å². The minimum absolute atomic E-state index is 0.160. The van der Waals surface area contributed by atoms with Crippen LogP contribution in [-0.2, 0) is 4.79 Å². The summed E-state index contributed by atoms with van der Waals surface area (Å²) in [6, 6.07) is 0. The van der Waals surface area contributed by atoms with E-state index in [1.807, 2.05) is 24.1 Å². The van der Waals surface area contributed by atoms with Crippen molar-refractivity contribution < 1.29 is 4.79 Å². The van der Waals surface area contributed by atoms with E-state index in [2.05, 4.69) is 29.2 Å². The molecule has 0 radical (unpaired) electrons. The highest BCUT2D eigenvalue weighted by Gasteiger charge is 2.22. The summed E-state index contributed by atoms with van der Waals surface area (Å²) in [7, 11) is 1.93. The summed E-state index contributed by atoms with van der Waals surface area (Å²) in [5, 5.41) is 0. The van der Waals surface area contributed by atoms with Crippen molar-refractivity contribution in [3.05, 3.63) is 47.7 Å². The molecule has 1 aliphatic heterocycles. The first-order chi connectivity index (χ1) is 13.1. The van der Waals surface area contributed by atoms with Gasteiger partial charge in [0, 0.05) is 24.9 Å². The minimum atomic E-state index is 0.160. The van der Waals surface area contributed by atoms with Crippen molar-refractivity contribution in [2.45, 2.75) is 44.9 Å². The fourth-order valence-corrected chi connectivity index (χ4v) is 4.27. The Morgan fingerprint density at radius 1 is 1.07 bits per heavy atom. The highest BCUT2D eigenvalue weighted by atomic mass is 16.2. The van der Waals surface area contributed by atoms with Crippen LogP contribution >= 0.6 is 0 Å². The third kappa shape index (κ3) is 5.83. The number of hydrogen-bond donors (Lipinski definition) is 1. The summed E-state index contributed by atoms with van der Waals surface area (Å²) in [5.41, 5.74) is 7.51. The van der Waals surface area contributed by atoms with Gasteiger partial charge in [-0.15, -0.1) is 0 Å². The molecule has 2 N–H and O–H groups in total. The summed E-state index contributed by atoms with van der Waals surface area (Å²) in [4.78, 5) is 17.1. The maximum atomic E-state index is 12.7. The van der Waals surface area contributed by atoms with Crippen molar-refractivity contribution in [1.82, 2.24) is 9.80 Å². The van der Waals surface area contributed by atoms with Gasteiger partial charge in [-0.05, 0) is 76.1 Å². The highest BCUT2D eigenvalue weighted by Crippen LogP contribution is 2.30. The fraction of sp³-hybridized carbons (Fsp3) is 0.609. The second-order valence-corrected chi connectivity index (χ2v) is 8.22. The van der Waals surface area contributed by atoms with Gasteiger partial charge in [0.2, 0.25) is 0 Å². The van der Waals surface area contributed by atoms with Gasteiger partial charge in [0.25, 0.3) is 5.91 Å². The Kier molecular flexibility index (Phi) is 7.33. The first-order valence-electron chi connectivity index (χ1n) is 10.6. The van der Waals surface area contributed by atoms with Crippen LogP contribution in [0, 0.1) is 11.8 Å². The van der Waals surface area contributed by atoms with Gasteiger partial charge >= 0.3 is 0 Å². The van der Waals surface area contributed by atoms with Crippen LogP contribution in [-0.4, -0.2) is 48.9 Å². The van der Waals surface area contributed by atoms with Crippen molar-refractivity contribution in [1.29, 1.82) is 0 Å². The number of carbonyl (C=O) groups is 1. The summed E-state index contributed by atoms with van der Waals surface area (Å²) >= 11 is 0. The predicted octanol–water partition coefficient (Wildman–Crippen LogP) is 3.63. The number of unbranched alkanes of at least 4 members (excludes halogenated alkanes) is 2. The van der Waals surface area contributed by atoms with Crippen LogP contribution in [0.2, 0.25) is 0 Å². The lowest BCUT2D eigenvalue weighted by atomic mass is 9.81. The Hall–Kier alpha value is -1.81. The Morgan fingerprint density at radius 3 is 2.41 bits per heavy atom. The molecule has 1 fully saturated rings. The molecule has 27 heavy (non-hydrogen) atoms. The second-order valence-electron chi connectivity index (χ2n) is 8.22. The average molecular weight is 370 g/mol. The van der Waals surface area contributed by atoms with E-state index < -0.39 is 0 Å². The number of likely N-dealkylation sites (N-methyl/N-ethyl adjacent to an activating group) is 1. The van der Waals surface area contributed by atoms with E-state index in [0.29, 0.717) is 11.8 Å². The quantitative estimate of drug-likeness (QED) is 0.665. The lowest BCUT2D eigenvalue weighted by Crippen LogP contribution is -2.29. The molecule has 1 heterocycles. The van der Waals surface area contributed by atoms with Crippen LogP contribution in [0.1, 0.15) is 44.9 Å². The van der Waals surface area contributed by atoms with Gasteiger partial charge in [-0.2, -0.15) is 0 Å². The summed E-state index contributed by atoms with van der Waals surface area (Å²) < 4.78 is 0. The van der Waals surface area contributed by atoms with E-state index in [1.165, 1.54) is 45.3 Å². The molecule has 3 rings (SSSR count). The molecule has 1 amide bonds. The standard InChI is InChI=1S/C23H35N3O/c1-25(15-3-2-4-16-26-17-5-6-18-26)23(27)21-9-7-19(8-10-21)20-11-13-22(24)14-12-20/h7,9-11,13-14,19-20H,2-6,8,12,15-18,24H2,1H3. The Balaban J connectivity index is 1.35. The largest absolute Gasteiger partial charge is 0.399 e. The van der Waals surface area contributed by atoms with Crippen molar-refractivity contribution in [3.8, 4) is 0 Å². The number of rotatable bonds is 8. The van der Waals surface area contributed by atoms with Gasteiger partial charge in [-0.1, -0.05) is 36.8 Å². The first-order valence-corrected chi connectivity index (χ1v) is 10.6. The fourth-order valence-electron chi connectivity index (χ4n) is 4.27. The number of amides is 1. The molecular formula is C23H35N3O. The SMILES string of the molecule is CN(CCCCCN1CCCC1)C(=O)C1=CCC(C2C=CC(N)=CC2)C=C1. The maximum Gasteiger partial charge on any atom is 0.253 e. The molecule has 2 unspecified atom stereocenters. The van der Waals surface area contributed by atoms with E-state index >= 15 is 0 Å². The van der Waals surface area contributed by atoms with Gasteiger partial charge in [-0.3, -0.25) is 4.79 Å². The molecule has 4 nitrogen and oxygen atoms in total. The number of hydrogen-bond acceptors (Lipinski definition) is 3. The lowest BCUT2D eigenvalue weighted by Gasteiger charge is -2.25. The van der Waals surface area contributed by atoms with E-state index in [0.717, 1.165) is 37.1 Å². The van der Waals surface area contributed by atoms with Gasteiger partial charge in [-0.25, -0.2) is 0 Å². The van der Waals surface area contributed by atoms with Crippen molar-refractivity contribution >= 4 is 5.91 Å². The van der Waals surface area contributed by atoms with E-state index in [-0.39, 0.29) is 5.91 Å². The summed E-state index contributed by atoms with van der Waals surface area (Å²) in [5.74, 6) is 1.13. The molecule has 2 aliphatic carbocycles. The van der Waals surface area contributed by atoms with Crippen LogP contribution in [0.25, 0.3) is 0 Å². The number of nitrogens with two attached hydrogens (primary N) is 1. The molecule has 0 aromatic carbocycles. The predicted molar refractivity (Wildman–Crippen MR) is 112 cm³/mol. The third-order valence-electron chi connectivity index (χ3n) is 6.10. The van der Waals surface area contributed by atoms with Crippen LogP contribution in [0.5, 0.6) is 0 Å². The van der Waals surface area contributed by atoms with Crippen molar-refractivity contribution in [2.75, 3.05) is 33.2 Å². The maximum absolute atomic E-state index is 12.7. The molecule has 148 valence electrons.